The van der Waals surface area contributed by atoms with E-state index in [2.05, 4.69) is 5.32 Å². The SMILES string of the molecule is NS(=O)(=O)c1ccc(Nc2c3c(nc4ccc(Cl)cc24)CCC3)cc1. The molecule has 0 fully saturated rings. The number of rotatable bonds is 3. The van der Waals surface area contributed by atoms with Crippen molar-refractivity contribution < 1.29 is 8.42 Å². The van der Waals surface area contributed by atoms with Crippen LogP contribution < -0.4 is 10.5 Å². The van der Waals surface area contributed by atoms with Crippen molar-refractivity contribution in [3.63, 3.8) is 0 Å². The van der Waals surface area contributed by atoms with Crippen LogP contribution in [-0.2, 0) is 22.9 Å². The van der Waals surface area contributed by atoms with Gasteiger partial charge in [-0.05, 0) is 67.3 Å². The molecule has 0 aliphatic heterocycles. The van der Waals surface area contributed by atoms with Crippen LogP contribution in [0, 0.1) is 0 Å². The molecule has 1 aromatic heterocycles. The van der Waals surface area contributed by atoms with E-state index in [4.69, 9.17) is 21.7 Å². The Labute approximate surface area is 150 Å². The third-order valence-electron chi connectivity index (χ3n) is 4.43. The highest BCUT2D eigenvalue weighted by molar-refractivity contribution is 7.89. The van der Waals surface area contributed by atoms with Crippen LogP contribution in [-0.4, -0.2) is 13.4 Å². The summed E-state index contributed by atoms with van der Waals surface area (Å²) in [7, 11) is -3.70. The molecule has 4 rings (SSSR count). The molecule has 0 atom stereocenters. The van der Waals surface area contributed by atoms with Gasteiger partial charge in [-0.25, -0.2) is 13.6 Å². The van der Waals surface area contributed by atoms with Gasteiger partial charge in [0.05, 0.1) is 16.1 Å². The Morgan fingerprint density at radius 2 is 1.84 bits per heavy atom. The second kappa shape index (κ2) is 5.98. The van der Waals surface area contributed by atoms with Gasteiger partial charge in [0.15, 0.2) is 0 Å². The number of hydrogen-bond donors (Lipinski definition) is 2. The molecular formula is C18H16ClN3O2S. The molecule has 1 aliphatic rings. The Balaban J connectivity index is 1.82. The molecule has 128 valence electrons. The molecule has 0 amide bonds. The number of nitrogens with one attached hydrogen (secondary N) is 1. The number of benzene rings is 2. The van der Waals surface area contributed by atoms with Crippen LogP contribution in [0.5, 0.6) is 0 Å². The normalized spacial score (nSPS) is 13.8. The number of pyridine rings is 1. The molecule has 3 aromatic rings. The lowest BCUT2D eigenvalue weighted by molar-refractivity contribution is 0.598. The third-order valence-corrected chi connectivity index (χ3v) is 5.59. The minimum atomic E-state index is -3.70. The molecule has 7 heteroatoms. The van der Waals surface area contributed by atoms with Crippen molar-refractivity contribution in [2.24, 2.45) is 5.14 Å². The maximum absolute atomic E-state index is 11.4. The molecule has 5 nitrogen and oxygen atoms in total. The number of aromatic nitrogens is 1. The van der Waals surface area contributed by atoms with Crippen LogP contribution in [0.3, 0.4) is 0 Å². The summed E-state index contributed by atoms with van der Waals surface area (Å²) < 4.78 is 22.8. The summed E-state index contributed by atoms with van der Waals surface area (Å²) >= 11 is 6.18. The monoisotopic (exact) mass is 373 g/mol. The van der Waals surface area contributed by atoms with Crippen molar-refractivity contribution in [2.75, 3.05) is 5.32 Å². The fraction of sp³-hybridized carbons (Fsp3) is 0.167. The molecule has 0 saturated heterocycles. The van der Waals surface area contributed by atoms with Crippen molar-refractivity contribution in [3.8, 4) is 0 Å². The van der Waals surface area contributed by atoms with Crippen LogP contribution in [0.1, 0.15) is 17.7 Å². The highest BCUT2D eigenvalue weighted by Crippen LogP contribution is 2.37. The first-order valence-electron chi connectivity index (χ1n) is 7.93. The third kappa shape index (κ3) is 3.08. The standard InChI is InChI=1S/C18H16ClN3O2S/c19-11-4-9-17-15(10-11)18(14-2-1-3-16(14)22-17)21-12-5-7-13(8-6-12)25(20,23)24/h4-10H,1-3H2,(H,21,22)(H2,20,23,24). The molecule has 25 heavy (non-hydrogen) atoms. The predicted molar refractivity (Wildman–Crippen MR) is 99.9 cm³/mol. The maximum Gasteiger partial charge on any atom is 0.238 e. The van der Waals surface area contributed by atoms with Crippen LogP contribution >= 0.6 is 11.6 Å². The Bertz CT molecular complexity index is 1080. The minimum Gasteiger partial charge on any atom is -0.355 e. The molecule has 0 unspecified atom stereocenters. The minimum absolute atomic E-state index is 0.0888. The Morgan fingerprint density at radius 1 is 1.08 bits per heavy atom. The molecule has 1 heterocycles. The highest BCUT2D eigenvalue weighted by atomic mass is 35.5. The molecule has 3 N–H and O–H groups in total. The number of anilines is 2. The van der Waals surface area contributed by atoms with E-state index in [-0.39, 0.29) is 4.90 Å². The summed E-state index contributed by atoms with van der Waals surface area (Å²) in [5.74, 6) is 0. The zero-order chi connectivity index (χ0) is 17.6. The first-order valence-corrected chi connectivity index (χ1v) is 9.85. The summed E-state index contributed by atoms with van der Waals surface area (Å²) in [6.07, 6.45) is 3.00. The molecule has 0 saturated carbocycles. The van der Waals surface area contributed by atoms with Gasteiger partial charge in [-0.2, -0.15) is 0 Å². The summed E-state index contributed by atoms with van der Waals surface area (Å²) in [6.45, 7) is 0. The largest absolute Gasteiger partial charge is 0.355 e. The van der Waals surface area contributed by atoms with Crippen LogP contribution in [0.2, 0.25) is 5.02 Å². The van der Waals surface area contributed by atoms with E-state index in [1.54, 1.807) is 12.1 Å². The number of nitrogens with zero attached hydrogens (tertiary/aromatic N) is 1. The summed E-state index contributed by atoms with van der Waals surface area (Å²) in [5.41, 5.74) is 4.98. The highest BCUT2D eigenvalue weighted by Gasteiger charge is 2.20. The lowest BCUT2D eigenvalue weighted by Crippen LogP contribution is -2.11. The van der Waals surface area contributed by atoms with Gasteiger partial charge in [-0.1, -0.05) is 11.6 Å². The van der Waals surface area contributed by atoms with Gasteiger partial charge in [0.2, 0.25) is 10.0 Å². The summed E-state index contributed by atoms with van der Waals surface area (Å²) in [6, 6.07) is 12.1. The van der Waals surface area contributed by atoms with Gasteiger partial charge in [-0.15, -0.1) is 0 Å². The van der Waals surface area contributed by atoms with Gasteiger partial charge in [0.1, 0.15) is 0 Å². The number of fused-ring (bicyclic) bond motifs is 2. The van der Waals surface area contributed by atoms with Gasteiger partial charge in [0.25, 0.3) is 0 Å². The zero-order valence-electron chi connectivity index (χ0n) is 13.3. The van der Waals surface area contributed by atoms with Crippen LogP contribution in [0.4, 0.5) is 11.4 Å². The van der Waals surface area contributed by atoms with Gasteiger partial charge in [-0.3, -0.25) is 4.98 Å². The van der Waals surface area contributed by atoms with Crippen molar-refractivity contribution in [1.29, 1.82) is 0 Å². The molecule has 2 aromatic carbocycles. The number of aryl methyl sites for hydroxylation is 1. The molecular weight excluding hydrogens is 358 g/mol. The lowest BCUT2D eigenvalue weighted by atomic mass is 10.1. The van der Waals surface area contributed by atoms with Gasteiger partial charge < -0.3 is 5.32 Å². The zero-order valence-corrected chi connectivity index (χ0v) is 14.9. The fourth-order valence-corrected chi connectivity index (χ4v) is 3.94. The average molecular weight is 374 g/mol. The first kappa shape index (κ1) is 16.3. The van der Waals surface area contributed by atoms with Crippen molar-refractivity contribution in [2.45, 2.75) is 24.2 Å². The van der Waals surface area contributed by atoms with Crippen LogP contribution in [0.25, 0.3) is 10.9 Å². The van der Waals surface area contributed by atoms with Gasteiger partial charge >= 0.3 is 0 Å². The Hall–Kier alpha value is -2.15. The second-order valence-corrected chi connectivity index (χ2v) is 8.12. The number of sulfonamides is 1. The van der Waals surface area contributed by atoms with E-state index >= 15 is 0 Å². The molecule has 0 spiro atoms. The number of primary sulfonamides is 1. The van der Waals surface area contributed by atoms with Crippen molar-refractivity contribution in [1.82, 2.24) is 4.98 Å². The van der Waals surface area contributed by atoms with Crippen molar-refractivity contribution in [3.05, 3.63) is 58.7 Å². The Morgan fingerprint density at radius 3 is 2.56 bits per heavy atom. The van der Waals surface area contributed by atoms with E-state index in [9.17, 15) is 8.42 Å². The maximum atomic E-state index is 11.4. The number of halogens is 1. The van der Waals surface area contributed by atoms with Crippen molar-refractivity contribution >= 4 is 43.9 Å². The second-order valence-electron chi connectivity index (χ2n) is 6.12. The van der Waals surface area contributed by atoms with E-state index < -0.39 is 10.0 Å². The van der Waals surface area contributed by atoms with Gasteiger partial charge in [0, 0.05) is 21.8 Å². The van der Waals surface area contributed by atoms with E-state index in [0.29, 0.717) is 5.02 Å². The molecule has 0 radical (unpaired) electrons. The van der Waals surface area contributed by atoms with E-state index in [0.717, 1.165) is 47.2 Å². The predicted octanol–water partition coefficient (Wildman–Crippen LogP) is 3.77. The topological polar surface area (TPSA) is 85.1 Å². The number of hydrogen-bond acceptors (Lipinski definition) is 4. The van der Waals surface area contributed by atoms with E-state index in [1.165, 1.54) is 17.7 Å². The van der Waals surface area contributed by atoms with E-state index in [1.807, 2.05) is 18.2 Å². The Kier molecular flexibility index (Phi) is 3.91. The summed E-state index contributed by atoms with van der Waals surface area (Å²) in [4.78, 5) is 4.84. The van der Waals surface area contributed by atoms with Crippen LogP contribution in [0.15, 0.2) is 47.4 Å². The quantitative estimate of drug-likeness (QED) is 0.731. The average Bonchev–Trinajstić information content (AvgIpc) is 3.03. The first-order chi connectivity index (χ1) is 11.9. The molecule has 0 bridgehead atoms. The summed E-state index contributed by atoms with van der Waals surface area (Å²) in [5, 5.41) is 10.2. The smallest absolute Gasteiger partial charge is 0.238 e. The lowest BCUT2D eigenvalue weighted by Gasteiger charge is -2.15. The fourth-order valence-electron chi connectivity index (χ4n) is 3.25. The number of nitrogens with two attached hydrogens (primary N) is 1. The molecule has 1 aliphatic carbocycles.